The van der Waals surface area contributed by atoms with Crippen molar-refractivity contribution in [2.75, 3.05) is 0 Å². The van der Waals surface area contributed by atoms with E-state index < -0.39 is 5.60 Å². The normalized spacial score (nSPS) is 30.5. The highest BCUT2D eigenvalue weighted by Gasteiger charge is 2.45. The summed E-state index contributed by atoms with van der Waals surface area (Å²) in [4.78, 5) is 19.1. The molecular formula is C25H34N2O4S. The van der Waals surface area contributed by atoms with Gasteiger partial charge in [0.25, 0.3) is 0 Å². The monoisotopic (exact) mass is 458 g/mol. The molecule has 32 heavy (non-hydrogen) atoms. The number of nitrogens with zero attached hydrogens (tertiary/aromatic N) is 2. The first-order valence-corrected chi connectivity index (χ1v) is 12.9. The number of ether oxygens (including phenoxy) is 3. The van der Waals surface area contributed by atoms with Gasteiger partial charge < -0.3 is 19.1 Å². The van der Waals surface area contributed by atoms with Gasteiger partial charge in [0.1, 0.15) is 11.7 Å². The highest BCUT2D eigenvalue weighted by Crippen LogP contribution is 2.39. The number of aromatic nitrogens is 1. The maximum atomic E-state index is 12.7. The van der Waals surface area contributed by atoms with Crippen LogP contribution in [0.1, 0.15) is 72.1 Å². The number of amides is 1. The first-order valence-electron chi connectivity index (χ1n) is 12.0. The molecule has 0 N–H and O–H groups in total. The van der Waals surface area contributed by atoms with Crippen LogP contribution in [-0.2, 0) is 9.47 Å². The molecule has 1 amide bonds. The molecule has 0 aromatic carbocycles. The first kappa shape index (κ1) is 22.0. The standard InChI is InChI=1S/C25H34N2O4S/c1-25(2,3)31-24(28)27-16-4-5-17(27)15-20(14-16)29-18-6-8-19(9-7-18)30-23-21-11-13-32-22(21)10-12-26-23/h10-13,16-20H,4-9,14-15H2,1-3H3/t16-,17+,18?,19?,20?. The van der Waals surface area contributed by atoms with Crippen LogP contribution in [0.25, 0.3) is 10.1 Å². The van der Waals surface area contributed by atoms with Crippen molar-refractivity contribution in [3.8, 4) is 5.88 Å². The Hall–Kier alpha value is -1.86. The third-order valence-electron chi connectivity index (χ3n) is 6.92. The van der Waals surface area contributed by atoms with Gasteiger partial charge in [0, 0.05) is 23.0 Å². The molecule has 0 radical (unpaired) electrons. The fourth-order valence-electron chi connectivity index (χ4n) is 5.53. The van der Waals surface area contributed by atoms with Crippen molar-refractivity contribution in [1.82, 2.24) is 9.88 Å². The summed E-state index contributed by atoms with van der Waals surface area (Å²) < 4.78 is 19.7. The lowest BCUT2D eigenvalue weighted by molar-refractivity contribution is -0.0814. The fourth-order valence-corrected chi connectivity index (χ4v) is 6.30. The molecule has 3 fully saturated rings. The Morgan fingerprint density at radius 1 is 1.00 bits per heavy atom. The van der Waals surface area contributed by atoms with Crippen LogP contribution in [0.2, 0.25) is 0 Å². The van der Waals surface area contributed by atoms with Crippen molar-refractivity contribution < 1.29 is 19.0 Å². The molecule has 2 saturated heterocycles. The largest absolute Gasteiger partial charge is 0.474 e. The van der Waals surface area contributed by atoms with Gasteiger partial charge in [-0.2, -0.15) is 0 Å². The van der Waals surface area contributed by atoms with Gasteiger partial charge in [-0.3, -0.25) is 0 Å². The zero-order chi connectivity index (χ0) is 22.3. The van der Waals surface area contributed by atoms with Crippen LogP contribution in [-0.4, -0.2) is 52.0 Å². The third-order valence-corrected chi connectivity index (χ3v) is 7.80. The predicted octanol–water partition coefficient (Wildman–Crippen LogP) is 5.93. The maximum Gasteiger partial charge on any atom is 0.410 e. The summed E-state index contributed by atoms with van der Waals surface area (Å²) in [5, 5.41) is 3.20. The number of pyridine rings is 1. The van der Waals surface area contributed by atoms with Crippen LogP contribution in [0.3, 0.4) is 0 Å². The second kappa shape index (κ2) is 8.82. The fraction of sp³-hybridized carbons (Fsp3) is 0.680. The lowest BCUT2D eigenvalue weighted by Gasteiger charge is -2.41. The number of thiophene rings is 1. The van der Waals surface area contributed by atoms with Crippen LogP contribution in [0.4, 0.5) is 4.79 Å². The van der Waals surface area contributed by atoms with E-state index in [0.717, 1.165) is 62.6 Å². The second-order valence-electron chi connectivity index (χ2n) is 10.5. The van der Waals surface area contributed by atoms with Gasteiger partial charge >= 0.3 is 6.09 Å². The molecule has 5 rings (SSSR count). The Labute approximate surface area is 194 Å². The molecule has 3 atom stereocenters. The molecule has 7 heteroatoms. The summed E-state index contributed by atoms with van der Waals surface area (Å²) in [7, 11) is 0. The highest BCUT2D eigenvalue weighted by molar-refractivity contribution is 7.17. The average Bonchev–Trinajstić information content (AvgIpc) is 3.32. The molecule has 0 spiro atoms. The molecule has 1 aliphatic carbocycles. The van der Waals surface area contributed by atoms with Gasteiger partial charge in [0.2, 0.25) is 5.88 Å². The summed E-state index contributed by atoms with van der Waals surface area (Å²) in [6.45, 7) is 5.79. The molecule has 1 saturated carbocycles. The quantitative estimate of drug-likeness (QED) is 0.568. The zero-order valence-electron chi connectivity index (χ0n) is 19.3. The van der Waals surface area contributed by atoms with Gasteiger partial charge in [0.15, 0.2) is 0 Å². The van der Waals surface area contributed by atoms with Crippen molar-refractivity contribution in [2.45, 2.75) is 108 Å². The Bertz CT molecular complexity index is 933. The zero-order valence-corrected chi connectivity index (χ0v) is 20.1. The molecule has 4 heterocycles. The molecule has 2 aromatic heterocycles. The van der Waals surface area contributed by atoms with E-state index >= 15 is 0 Å². The van der Waals surface area contributed by atoms with Crippen molar-refractivity contribution in [1.29, 1.82) is 0 Å². The Morgan fingerprint density at radius 2 is 1.69 bits per heavy atom. The Balaban J connectivity index is 1.11. The van der Waals surface area contributed by atoms with Gasteiger partial charge in [-0.25, -0.2) is 9.78 Å². The molecule has 6 nitrogen and oxygen atoms in total. The van der Waals surface area contributed by atoms with Gasteiger partial charge in [0.05, 0.1) is 17.6 Å². The van der Waals surface area contributed by atoms with E-state index in [-0.39, 0.29) is 36.5 Å². The number of fused-ring (bicyclic) bond motifs is 3. The Morgan fingerprint density at radius 3 is 2.38 bits per heavy atom. The molecule has 2 aliphatic heterocycles. The lowest BCUT2D eigenvalue weighted by Crippen LogP contribution is -2.50. The van der Waals surface area contributed by atoms with Crippen molar-refractivity contribution in [2.24, 2.45) is 0 Å². The lowest BCUT2D eigenvalue weighted by atomic mass is 9.93. The summed E-state index contributed by atoms with van der Waals surface area (Å²) in [6.07, 6.45) is 10.4. The van der Waals surface area contributed by atoms with Crippen LogP contribution in [0, 0.1) is 0 Å². The molecule has 174 valence electrons. The summed E-state index contributed by atoms with van der Waals surface area (Å²) >= 11 is 1.72. The minimum atomic E-state index is -0.449. The topological polar surface area (TPSA) is 60.9 Å². The number of hydrogen-bond acceptors (Lipinski definition) is 6. The second-order valence-corrected chi connectivity index (χ2v) is 11.4. The Kier molecular flexibility index (Phi) is 6.05. The SMILES string of the molecule is CC(C)(C)OC(=O)N1[C@@H]2CC[C@H]1CC(OC1CCC(Oc3nccc4sccc34)CC1)C2. The van der Waals surface area contributed by atoms with Crippen LogP contribution >= 0.6 is 11.3 Å². The molecule has 3 aliphatic rings. The van der Waals surface area contributed by atoms with E-state index in [1.165, 1.54) is 4.70 Å². The summed E-state index contributed by atoms with van der Waals surface area (Å²) in [5.41, 5.74) is -0.449. The summed E-state index contributed by atoms with van der Waals surface area (Å²) in [6, 6.07) is 4.64. The molecule has 2 bridgehead atoms. The smallest absolute Gasteiger partial charge is 0.410 e. The van der Waals surface area contributed by atoms with Crippen molar-refractivity contribution in [3.05, 3.63) is 23.7 Å². The first-order chi connectivity index (χ1) is 15.4. The van der Waals surface area contributed by atoms with Crippen LogP contribution in [0.15, 0.2) is 23.7 Å². The number of carbonyl (C=O) groups is 1. The summed E-state index contributed by atoms with van der Waals surface area (Å²) in [5.74, 6) is 0.763. The predicted molar refractivity (Wildman–Crippen MR) is 125 cm³/mol. The van der Waals surface area contributed by atoms with E-state index in [4.69, 9.17) is 14.2 Å². The van der Waals surface area contributed by atoms with Crippen molar-refractivity contribution in [3.63, 3.8) is 0 Å². The van der Waals surface area contributed by atoms with Gasteiger partial charge in [-0.05, 0) is 89.7 Å². The van der Waals surface area contributed by atoms with E-state index in [0.29, 0.717) is 0 Å². The highest BCUT2D eigenvalue weighted by atomic mass is 32.1. The third kappa shape index (κ3) is 4.74. The van der Waals surface area contributed by atoms with E-state index in [9.17, 15) is 4.79 Å². The number of piperidine rings is 1. The molecule has 1 unspecified atom stereocenters. The van der Waals surface area contributed by atoms with Crippen LogP contribution < -0.4 is 4.74 Å². The van der Waals surface area contributed by atoms with E-state index in [1.54, 1.807) is 11.3 Å². The van der Waals surface area contributed by atoms with Crippen LogP contribution in [0.5, 0.6) is 5.88 Å². The van der Waals surface area contributed by atoms with E-state index in [1.807, 2.05) is 37.9 Å². The minimum absolute atomic E-state index is 0.157. The van der Waals surface area contributed by atoms with Crippen molar-refractivity contribution >= 4 is 27.5 Å². The maximum absolute atomic E-state index is 12.7. The molecule has 2 aromatic rings. The number of hydrogen-bond donors (Lipinski definition) is 0. The van der Waals surface area contributed by atoms with Gasteiger partial charge in [-0.1, -0.05) is 0 Å². The van der Waals surface area contributed by atoms with Gasteiger partial charge in [-0.15, -0.1) is 11.3 Å². The molecular weight excluding hydrogens is 424 g/mol. The minimum Gasteiger partial charge on any atom is -0.474 e. The average molecular weight is 459 g/mol. The van der Waals surface area contributed by atoms with E-state index in [2.05, 4.69) is 16.4 Å². The number of rotatable bonds is 4. The number of carbonyl (C=O) groups excluding carboxylic acids is 1.